The van der Waals surface area contributed by atoms with Gasteiger partial charge >= 0.3 is 0 Å². The molecule has 0 saturated carbocycles. The second kappa shape index (κ2) is 8.45. The second-order valence-electron chi connectivity index (χ2n) is 6.40. The summed E-state index contributed by atoms with van der Waals surface area (Å²) in [5, 5.41) is 18.4. The molecule has 0 aliphatic rings. The van der Waals surface area contributed by atoms with Crippen LogP contribution in [-0.2, 0) is 4.43 Å². The van der Waals surface area contributed by atoms with E-state index in [1.165, 1.54) is 11.8 Å². The fourth-order valence-electron chi connectivity index (χ4n) is 1.65. The van der Waals surface area contributed by atoms with Crippen LogP contribution in [0.15, 0.2) is 0 Å². The third-order valence-electron chi connectivity index (χ3n) is 4.54. The summed E-state index contributed by atoms with van der Waals surface area (Å²) in [5.74, 6) is 6.53. The first-order valence-corrected chi connectivity index (χ1v) is 11.2. The molecular formula is C15H30O3SSi. The van der Waals surface area contributed by atoms with Gasteiger partial charge in [0, 0.05) is 0 Å². The molecule has 0 bridgehead atoms. The fraction of sp³-hybridized carbons (Fsp3) is 0.867. The maximum atomic E-state index is 9.57. The maximum absolute atomic E-state index is 9.57. The molecule has 0 aliphatic heterocycles. The summed E-state index contributed by atoms with van der Waals surface area (Å²) >= 11 is 1.44. The summed E-state index contributed by atoms with van der Waals surface area (Å²) in [4.78, 5) is 0. The third-order valence-corrected chi connectivity index (χ3v) is 10.0. The molecule has 20 heavy (non-hydrogen) atoms. The van der Waals surface area contributed by atoms with Gasteiger partial charge in [0.2, 0.25) is 0 Å². The molecule has 0 amide bonds. The second-order valence-corrected chi connectivity index (χ2v) is 12.0. The molecule has 0 aliphatic carbocycles. The van der Waals surface area contributed by atoms with Crippen LogP contribution < -0.4 is 0 Å². The molecule has 5 heteroatoms. The molecule has 0 aromatic rings. The minimum Gasteiger partial charge on any atom is -0.406 e. The number of rotatable bonds is 7. The van der Waals surface area contributed by atoms with Gasteiger partial charge in [-0.2, -0.15) is 0 Å². The first-order valence-electron chi connectivity index (χ1n) is 7.04. The van der Waals surface area contributed by atoms with Gasteiger partial charge in [-0.25, -0.2) is 0 Å². The first-order chi connectivity index (χ1) is 9.10. The highest BCUT2D eigenvalue weighted by Gasteiger charge is 2.43. The summed E-state index contributed by atoms with van der Waals surface area (Å²) in [6.07, 6.45) is 1.08. The lowest BCUT2D eigenvalue weighted by atomic mass is 9.99. The Morgan fingerprint density at radius 3 is 2.25 bits per heavy atom. The van der Waals surface area contributed by atoms with E-state index >= 15 is 0 Å². The topological polar surface area (TPSA) is 49.7 Å². The van der Waals surface area contributed by atoms with Crippen molar-refractivity contribution in [2.24, 2.45) is 5.92 Å². The molecule has 118 valence electrons. The van der Waals surface area contributed by atoms with Gasteiger partial charge in [-0.3, -0.25) is 0 Å². The van der Waals surface area contributed by atoms with Crippen LogP contribution in [0.1, 0.15) is 27.7 Å². The largest absolute Gasteiger partial charge is 0.406 e. The Kier molecular flexibility index (Phi) is 8.45. The van der Waals surface area contributed by atoms with Crippen molar-refractivity contribution in [3.8, 4) is 11.8 Å². The van der Waals surface area contributed by atoms with Crippen LogP contribution in [0.5, 0.6) is 0 Å². The van der Waals surface area contributed by atoms with Gasteiger partial charge < -0.3 is 14.6 Å². The van der Waals surface area contributed by atoms with Crippen LogP contribution in [0, 0.1) is 17.8 Å². The molecule has 0 spiro atoms. The predicted molar refractivity (Wildman–Crippen MR) is 90.5 cm³/mol. The third kappa shape index (κ3) is 5.42. The Labute approximate surface area is 129 Å². The molecule has 2 atom stereocenters. The number of thioether (sulfide) groups is 1. The highest BCUT2D eigenvalue weighted by atomic mass is 32.2. The number of aliphatic hydroxyl groups excluding tert-OH is 2. The van der Waals surface area contributed by atoms with Crippen LogP contribution in [-0.4, -0.2) is 49.4 Å². The number of hydrogen-bond acceptors (Lipinski definition) is 4. The molecule has 0 unspecified atom stereocenters. The summed E-state index contributed by atoms with van der Waals surface area (Å²) in [7, 11) is -1.83. The van der Waals surface area contributed by atoms with Crippen molar-refractivity contribution in [1.29, 1.82) is 0 Å². The van der Waals surface area contributed by atoms with Gasteiger partial charge in [0.05, 0.1) is 24.6 Å². The number of hydrogen-bond donors (Lipinski definition) is 2. The van der Waals surface area contributed by atoms with Crippen molar-refractivity contribution in [3.63, 3.8) is 0 Å². The lowest BCUT2D eigenvalue weighted by Crippen LogP contribution is -2.45. The van der Waals surface area contributed by atoms with E-state index in [9.17, 15) is 5.11 Å². The van der Waals surface area contributed by atoms with Crippen molar-refractivity contribution in [2.75, 3.05) is 19.5 Å². The fourth-order valence-corrected chi connectivity index (χ4v) is 4.44. The Hall–Kier alpha value is 0.00688. The normalized spacial score (nSPS) is 15.7. The van der Waals surface area contributed by atoms with E-state index in [-0.39, 0.29) is 16.9 Å². The lowest BCUT2D eigenvalue weighted by Gasteiger charge is -2.42. The van der Waals surface area contributed by atoms with E-state index in [4.69, 9.17) is 9.53 Å². The zero-order valence-corrected chi connectivity index (χ0v) is 15.7. The zero-order chi connectivity index (χ0) is 16.0. The van der Waals surface area contributed by atoms with Crippen molar-refractivity contribution < 1.29 is 14.6 Å². The Morgan fingerprint density at radius 1 is 1.30 bits per heavy atom. The molecule has 2 N–H and O–H groups in total. The van der Waals surface area contributed by atoms with Crippen molar-refractivity contribution in [3.05, 3.63) is 0 Å². The summed E-state index contributed by atoms with van der Waals surface area (Å²) in [6.45, 7) is 13.6. The molecule has 0 radical (unpaired) electrons. The Morgan fingerprint density at radius 2 is 1.85 bits per heavy atom. The van der Waals surface area contributed by atoms with Gasteiger partial charge in [0.25, 0.3) is 0 Å². The van der Waals surface area contributed by atoms with E-state index in [2.05, 4.69) is 52.6 Å². The monoisotopic (exact) mass is 318 g/mol. The van der Waals surface area contributed by atoms with Crippen LogP contribution in [0.4, 0.5) is 0 Å². The van der Waals surface area contributed by atoms with E-state index in [0.29, 0.717) is 12.5 Å². The minimum absolute atomic E-state index is 0.179. The molecule has 0 saturated heterocycles. The molecule has 3 nitrogen and oxygen atoms in total. The average Bonchev–Trinajstić information content (AvgIpc) is 2.37. The van der Waals surface area contributed by atoms with Crippen LogP contribution in [0.2, 0.25) is 18.1 Å². The van der Waals surface area contributed by atoms with E-state index in [0.717, 1.165) is 0 Å². The summed E-state index contributed by atoms with van der Waals surface area (Å²) in [6, 6.07) is 0. The van der Waals surface area contributed by atoms with Gasteiger partial charge in [-0.15, -0.1) is 11.8 Å². The Balaban J connectivity index is 4.58. The smallest absolute Gasteiger partial charge is 0.193 e. The van der Waals surface area contributed by atoms with Gasteiger partial charge in [-0.05, 0) is 30.3 Å². The SMILES string of the molecule is CS[C@@H](C#CCO[Si](C)(C)C(C)(C)C(C)C)[C@H](O)CO. The van der Waals surface area contributed by atoms with Gasteiger partial charge in [0.1, 0.15) is 0 Å². The zero-order valence-electron chi connectivity index (χ0n) is 13.9. The van der Waals surface area contributed by atoms with Crippen molar-refractivity contribution >= 4 is 20.1 Å². The molecule has 0 fully saturated rings. The van der Waals surface area contributed by atoms with Crippen molar-refractivity contribution in [2.45, 2.75) is 57.2 Å². The van der Waals surface area contributed by atoms with Crippen LogP contribution in [0.25, 0.3) is 0 Å². The predicted octanol–water partition coefficient (Wildman–Crippen LogP) is 2.73. The molecule has 0 aromatic heterocycles. The molecule has 0 rings (SSSR count). The summed E-state index contributed by atoms with van der Waals surface area (Å²) in [5.41, 5.74) is 0. The molecule has 0 heterocycles. The standard InChI is InChI=1S/C15H30O3SSi/c1-12(2)15(3,4)20(6,7)18-10-8-9-14(19-5)13(17)11-16/h12-14,16-17H,10-11H2,1-7H3/t13-,14+/m1/s1. The van der Waals surface area contributed by atoms with E-state index < -0.39 is 14.4 Å². The molecular weight excluding hydrogens is 288 g/mol. The summed E-state index contributed by atoms with van der Waals surface area (Å²) < 4.78 is 6.08. The molecule has 0 aromatic carbocycles. The highest BCUT2D eigenvalue weighted by Crippen LogP contribution is 2.44. The van der Waals surface area contributed by atoms with Crippen LogP contribution in [0.3, 0.4) is 0 Å². The van der Waals surface area contributed by atoms with E-state index in [1.54, 1.807) is 0 Å². The Bertz CT molecular complexity index is 345. The highest BCUT2D eigenvalue weighted by molar-refractivity contribution is 7.99. The van der Waals surface area contributed by atoms with Gasteiger partial charge in [0.15, 0.2) is 8.32 Å². The average molecular weight is 319 g/mol. The van der Waals surface area contributed by atoms with Crippen LogP contribution >= 0.6 is 11.8 Å². The van der Waals surface area contributed by atoms with Crippen molar-refractivity contribution in [1.82, 2.24) is 0 Å². The van der Waals surface area contributed by atoms with E-state index in [1.807, 2.05) is 6.26 Å². The minimum atomic E-state index is -1.83. The van der Waals surface area contributed by atoms with Gasteiger partial charge in [-0.1, -0.05) is 39.5 Å². The number of aliphatic hydroxyl groups is 2. The first kappa shape index (κ1) is 20.0. The maximum Gasteiger partial charge on any atom is 0.193 e. The lowest BCUT2D eigenvalue weighted by molar-refractivity contribution is 0.103. The quantitative estimate of drug-likeness (QED) is 0.560.